The first kappa shape index (κ1) is 16.6. The number of anilines is 1. The van der Waals surface area contributed by atoms with E-state index in [1.165, 1.54) is 30.6 Å². The van der Waals surface area contributed by atoms with Crippen molar-refractivity contribution in [3.8, 4) is 6.07 Å². The second kappa shape index (κ2) is 6.14. The Bertz CT molecular complexity index is 713. The summed E-state index contributed by atoms with van der Waals surface area (Å²) in [5.74, 6) is 1.41. The number of thiophene rings is 1. The average Bonchev–Trinajstić information content (AvgIpc) is 3.00. The quantitative estimate of drug-likeness (QED) is 0.832. The van der Waals surface area contributed by atoms with Crippen LogP contribution in [0.5, 0.6) is 0 Å². The van der Waals surface area contributed by atoms with Gasteiger partial charge in [-0.1, -0.05) is 0 Å². The predicted molar refractivity (Wildman–Crippen MR) is 93.8 cm³/mol. The van der Waals surface area contributed by atoms with Crippen LogP contribution < -0.4 is 5.32 Å². The van der Waals surface area contributed by atoms with Crippen molar-refractivity contribution in [2.24, 2.45) is 23.2 Å². The summed E-state index contributed by atoms with van der Waals surface area (Å²) in [6.45, 7) is 1.60. The minimum Gasteiger partial charge on any atom is -0.452 e. The Hall–Kier alpha value is -1.87. The van der Waals surface area contributed by atoms with Gasteiger partial charge >= 0.3 is 5.97 Å². The number of ether oxygens (including phenoxy) is 1. The maximum Gasteiger partial charge on any atom is 0.312 e. The molecule has 1 aromatic heterocycles. The van der Waals surface area contributed by atoms with Crippen LogP contribution in [0.1, 0.15) is 51.0 Å². The summed E-state index contributed by atoms with van der Waals surface area (Å²) in [5, 5.41) is 14.0. The van der Waals surface area contributed by atoms with Gasteiger partial charge in [0, 0.05) is 0 Å². The summed E-state index contributed by atoms with van der Waals surface area (Å²) >= 11 is 1.29. The fraction of sp³-hybridized carbons (Fsp3) is 0.632. The minimum atomic E-state index is -0.853. The third-order valence-electron chi connectivity index (χ3n) is 6.15. The number of esters is 1. The topological polar surface area (TPSA) is 79.2 Å². The maximum absolute atomic E-state index is 12.9. The van der Waals surface area contributed by atoms with Gasteiger partial charge in [0.15, 0.2) is 6.10 Å². The molecule has 1 N–H and O–H groups in total. The number of hydrogen-bond donors (Lipinski definition) is 1. The summed E-state index contributed by atoms with van der Waals surface area (Å²) in [7, 11) is 0. The van der Waals surface area contributed by atoms with Gasteiger partial charge in [-0.05, 0) is 74.6 Å². The van der Waals surface area contributed by atoms with Crippen LogP contribution >= 0.6 is 11.3 Å². The molecule has 0 aromatic carbocycles. The number of carbonyl (C=O) groups is 2. The van der Waals surface area contributed by atoms with Gasteiger partial charge in [0.2, 0.25) is 0 Å². The molecule has 4 aliphatic rings. The van der Waals surface area contributed by atoms with Crippen LogP contribution in [0.25, 0.3) is 0 Å². The molecule has 0 radical (unpaired) electrons. The molecule has 132 valence electrons. The van der Waals surface area contributed by atoms with E-state index in [1.807, 2.05) is 6.07 Å². The summed E-state index contributed by atoms with van der Waals surface area (Å²) in [6.07, 6.45) is 5.71. The van der Waals surface area contributed by atoms with Crippen LogP contribution in [0.15, 0.2) is 11.4 Å². The Balaban J connectivity index is 1.41. The van der Waals surface area contributed by atoms with Crippen LogP contribution in [0.2, 0.25) is 0 Å². The zero-order valence-electron chi connectivity index (χ0n) is 14.3. The monoisotopic (exact) mass is 358 g/mol. The van der Waals surface area contributed by atoms with Gasteiger partial charge in [0.25, 0.3) is 5.91 Å². The van der Waals surface area contributed by atoms with Crippen LogP contribution in [0, 0.1) is 34.5 Å². The molecule has 4 aliphatic carbocycles. The molecule has 5 nitrogen and oxygen atoms in total. The highest BCUT2D eigenvalue weighted by atomic mass is 32.1. The second-order valence-corrected chi connectivity index (χ2v) is 8.93. The molecule has 1 atom stereocenters. The van der Waals surface area contributed by atoms with E-state index in [-0.39, 0.29) is 17.3 Å². The zero-order valence-corrected chi connectivity index (χ0v) is 15.1. The zero-order chi connectivity index (χ0) is 17.6. The van der Waals surface area contributed by atoms with Crippen molar-refractivity contribution in [3.63, 3.8) is 0 Å². The average molecular weight is 358 g/mol. The molecule has 0 saturated heterocycles. The summed E-state index contributed by atoms with van der Waals surface area (Å²) < 4.78 is 5.59. The standard InChI is InChI=1S/C19H22N2O3S/c1-11(16(22)21-17-15(10-20)2-3-25-17)24-18(23)19-7-12-4-13(8-19)6-14(5-12)9-19/h2-3,11-14H,4-9H2,1H3,(H,21,22). The maximum atomic E-state index is 12.9. The Labute approximate surface area is 151 Å². The van der Waals surface area contributed by atoms with Gasteiger partial charge in [-0.3, -0.25) is 9.59 Å². The first-order valence-corrected chi connectivity index (χ1v) is 9.86. The molecule has 0 spiro atoms. The van der Waals surface area contributed by atoms with E-state index in [0.29, 0.717) is 28.3 Å². The van der Waals surface area contributed by atoms with Crippen molar-refractivity contribution in [1.29, 1.82) is 5.26 Å². The number of rotatable bonds is 4. The fourth-order valence-electron chi connectivity index (χ4n) is 5.41. The van der Waals surface area contributed by atoms with Gasteiger partial charge in [0.05, 0.1) is 11.0 Å². The number of amides is 1. The number of nitrogens with one attached hydrogen (secondary N) is 1. The summed E-state index contributed by atoms with van der Waals surface area (Å²) in [4.78, 5) is 25.2. The molecule has 4 saturated carbocycles. The fourth-order valence-corrected chi connectivity index (χ4v) is 6.15. The van der Waals surface area contributed by atoms with E-state index in [4.69, 9.17) is 10.00 Å². The van der Waals surface area contributed by atoms with Gasteiger partial charge in [-0.15, -0.1) is 11.3 Å². The Morgan fingerprint density at radius 2 is 1.88 bits per heavy atom. The van der Waals surface area contributed by atoms with Crippen LogP contribution in [-0.2, 0) is 14.3 Å². The lowest BCUT2D eigenvalue weighted by molar-refractivity contribution is -0.177. The van der Waals surface area contributed by atoms with E-state index in [0.717, 1.165) is 19.3 Å². The number of nitrogens with zero attached hydrogens (tertiary/aromatic N) is 1. The Kier molecular flexibility index (Phi) is 4.07. The third-order valence-corrected chi connectivity index (χ3v) is 6.98. The lowest BCUT2D eigenvalue weighted by Gasteiger charge is -2.55. The Morgan fingerprint density at radius 1 is 1.28 bits per heavy atom. The largest absolute Gasteiger partial charge is 0.452 e. The van der Waals surface area contributed by atoms with Crippen molar-refractivity contribution in [3.05, 3.63) is 17.0 Å². The number of carbonyl (C=O) groups excluding carboxylic acids is 2. The highest BCUT2D eigenvalue weighted by Gasteiger charge is 2.55. The molecule has 25 heavy (non-hydrogen) atoms. The van der Waals surface area contributed by atoms with E-state index < -0.39 is 6.10 Å². The van der Waals surface area contributed by atoms with Crippen LogP contribution in [-0.4, -0.2) is 18.0 Å². The predicted octanol–water partition coefficient (Wildman–Crippen LogP) is 3.71. The first-order valence-electron chi connectivity index (χ1n) is 8.98. The van der Waals surface area contributed by atoms with Crippen LogP contribution in [0.3, 0.4) is 0 Å². The molecule has 4 fully saturated rings. The Morgan fingerprint density at radius 3 is 2.44 bits per heavy atom. The molecular formula is C19H22N2O3S. The third kappa shape index (κ3) is 2.95. The summed E-state index contributed by atoms with van der Waals surface area (Å²) in [5.41, 5.74) is 0.0716. The number of nitriles is 1. The molecule has 1 heterocycles. The van der Waals surface area contributed by atoms with Gasteiger partial charge in [-0.2, -0.15) is 5.26 Å². The number of hydrogen-bond acceptors (Lipinski definition) is 5. The van der Waals surface area contributed by atoms with E-state index in [2.05, 4.69) is 5.32 Å². The van der Waals surface area contributed by atoms with Gasteiger partial charge in [0.1, 0.15) is 11.1 Å². The van der Waals surface area contributed by atoms with Gasteiger partial charge < -0.3 is 10.1 Å². The van der Waals surface area contributed by atoms with Crippen molar-refractivity contribution in [2.45, 2.75) is 51.6 Å². The van der Waals surface area contributed by atoms with Crippen molar-refractivity contribution < 1.29 is 14.3 Å². The summed E-state index contributed by atoms with van der Waals surface area (Å²) in [6, 6.07) is 3.70. The lowest BCUT2D eigenvalue weighted by Crippen LogP contribution is -2.51. The van der Waals surface area contributed by atoms with Crippen molar-refractivity contribution in [2.75, 3.05) is 5.32 Å². The highest BCUT2D eigenvalue weighted by Crippen LogP contribution is 2.60. The normalized spacial score (nSPS) is 33.5. The highest BCUT2D eigenvalue weighted by molar-refractivity contribution is 7.14. The molecular weight excluding hydrogens is 336 g/mol. The molecule has 1 aromatic rings. The smallest absolute Gasteiger partial charge is 0.312 e. The van der Waals surface area contributed by atoms with Crippen molar-refractivity contribution >= 4 is 28.2 Å². The molecule has 5 rings (SSSR count). The molecule has 1 amide bonds. The lowest BCUT2D eigenvalue weighted by atomic mass is 9.49. The van der Waals surface area contributed by atoms with Crippen LogP contribution in [0.4, 0.5) is 5.00 Å². The van der Waals surface area contributed by atoms with E-state index in [1.54, 1.807) is 18.4 Å². The molecule has 0 aliphatic heterocycles. The molecule has 1 unspecified atom stereocenters. The molecule has 6 heteroatoms. The SMILES string of the molecule is CC(OC(=O)C12CC3CC(CC(C3)C1)C2)C(=O)Nc1sccc1C#N. The van der Waals surface area contributed by atoms with Gasteiger partial charge in [-0.25, -0.2) is 0 Å². The minimum absolute atomic E-state index is 0.194. The van der Waals surface area contributed by atoms with Crippen molar-refractivity contribution in [1.82, 2.24) is 0 Å². The first-order chi connectivity index (χ1) is 12.0. The second-order valence-electron chi connectivity index (χ2n) is 8.01. The van der Waals surface area contributed by atoms with E-state index in [9.17, 15) is 9.59 Å². The molecule has 4 bridgehead atoms. The van der Waals surface area contributed by atoms with E-state index >= 15 is 0 Å².